The molecule has 8 nitrogen and oxygen atoms in total. The minimum absolute atomic E-state index is 0.0210. The van der Waals surface area contributed by atoms with Gasteiger partial charge in [0.1, 0.15) is 22.6 Å². The summed E-state index contributed by atoms with van der Waals surface area (Å²) < 4.78 is 25.8. The molecule has 0 atom stereocenters. The minimum Gasteiger partial charge on any atom is -0.506 e. The minimum atomic E-state index is -0.698. The van der Waals surface area contributed by atoms with E-state index in [1.54, 1.807) is 19.1 Å². The molecule has 0 radical (unpaired) electrons. The second-order valence-electron chi connectivity index (χ2n) is 7.75. The Morgan fingerprint density at radius 1 is 1.08 bits per heavy atom. The molecule has 2 N–H and O–H groups in total. The van der Waals surface area contributed by atoms with Gasteiger partial charge in [0.15, 0.2) is 17.3 Å². The summed E-state index contributed by atoms with van der Waals surface area (Å²) in [4.78, 5) is 25.6. The third kappa shape index (κ3) is 4.41. The van der Waals surface area contributed by atoms with Crippen LogP contribution in [0.4, 0.5) is 10.1 Å². The average Bonchev–Trinajstić information content (AvgIpc) is 3.40. The van der Waals surface area contributed by atoms with Crippen LogP contribution in [-0.4, -0.2) is 33.1 Å². The van der Waals surface area contributed by atoms with Gasteiger partial charge in [-0.1, -0.05) is 0 Å². The number of nitrogens with one attached hydrogen (secondary N) is 1. The van der Waals surface area contributed by atoms with Gasteiger partial charge in [0, 0.05) is 47.5 Å². The topological polar surface area (TPSA) is 106 Å². The summed E-state index contributed by atoms with van der Waals surface area (Å²) in [5.74, 6) is -0.713. The highest BCUT2D eigenvalue weighted by molar-refractivity contribution is 7.08. The number of carbonyl (C=O) groups excluding carboxylic acids is 1. The van der Waals surface area contributed by atoms with E-state index in [-0.39, 0.29) is 22.7 Å². The molecule has 36 heavy (non-hydrogen) atoms. The molecule has 0 fully saturated rings. The van der Waals surface area contributed by atoms with Crippen molar-refractivity contribution in [2.45, 2.75) is 6.92 Å². The fourth-order valence-corrected chi connectivity index (χ4v) is 4.32. The number of hydrogen-bond donors (Lipinski definition) is 2. The van der Waals surface area contributed by atoms with E-state index in [0.717, 1.165) is 11.6 Å². The molecule has 0 unspecified atom stereocenters. The van der Waals surface area contributed by atoms with Crippen LogP contribution in [0.3, 0.4) is 0 Å². The smallest absolute Gasteiger partial charge is 0.261 e. The lowest BCUT2D eigenvalue weighted by Gasteiger charge is -2.13. The first kappa shape index (κ1) is 23.2. The van der Waals surface area contributed by atoms with E-state index in [2.05, 4.69) is 20.3 Å². The zero-order chi connectivity index (χ0) is 25.2. The quantitative estimate of drug-likeness (QED) is 0.295. The van der Waals surface area contributed by atoms with Crippen LogP contribution in [0.25, 0.3) is 22.2 Å². The number of ether oxygens (including phenoxy) is 2. The molecule has 0 saturated heterocycles. The van der Waals surface area contributed by atoms with Gasteiger partial charge in [-0.2, -0.15) is 11.3 Å². The number of pyridine rings is 3. The van der Waals surface area contributed by atoms with Gasteiger partial charge in [0.25, 0.3) is 5.91 Å². The van der Waals surface area contributed by atoms with Crippen LogP contribution in [0.15, 0.2) is 65.7 Å². The first-order valence-corrected chi connectivity index (χ1v) is 11.7. The standard InChI is InChI=1S/C26H19FN4O4S/c1-14-23(15-6-8-36-13-15)25(32)18(12-29-14)26(33)31-16-3-4-21(19(27)9-16)35-22-5-7-28-20-10-17(34-2)11-30-24(20)22/h3-13H,1-2H3,(H,29,32)(H,31,33). The summed E-state index contributed by atoms with van der Waals surface area (Å²) in [5, 5.41) is 17.1. The molecule has 5 aromatic rings. The van der Waals surface area contributed by atoms with Crippen LogP contribution in [0.5, 0.6) is 23.0 Å². The molecule has 0 aliphatic rings. The number of amides is 1. The molecule has 1 amide bonds. The zero-order valence-corrected chi connectivity index (χ0v) is 20.0. The molecule has 10 heteroatoms. The maximum Gasteiger partial charge on any atom is 0.261 e. The molecular formula is C26H19FN4O4S. The van der Waals surface area contributed by atoms with E-state index in [9.17, 15) is 14.3 Å². The van der Waals surface area contributed by atoms with Crippen molar-refractivity contribution >= 4 is 34.0 Å². The van der Waals surface area contributed by atoms with Gasteiger partial charge in [0.05, 0.1) is 18.8 Å². The van der Waals surface area contributed by atoms with E-state index in [4.69, 9.17) is 9.47 Å². The first-order valence-electron chi connectivity index (χ1n) is 10.7. The molecule has 0 spiro atoms. The Morgan fingerprint density at radius 2 is 1.94 bits per heavy atom. The van der Waals surface area contributed by atoms with E-state index in [1.807, 2.05) is 16.8 Å². The van der Waals surface area contributed by atoms with Gasteiger partial charge in [-0.25, -0.2) is 9.37 Å². The molecule has 0 aliphatic heterocycles. The molecule has 0 saturated carbocycles. The van der Waals surface area contributed by atoms with Crippen LogP contribution < -0.4 is 14.8 Å². The Bertz CT molecular complexity index is 1590. The number of anilines is 1. The Kier molecular flexibility index (Phi) is 6.17. The van der Waals surface area contributed by atoms with Crippen molar-refractivity contribution < 1.29 is 23.8 Å². The van der Waals surface area contributed by atoms with Crippen molar-refractivity contribution in [3.8, 4) is 34.1 Å². The third-order valence-corrected chi connectivity index (χ3v) is 6.14. The SMILES string of the molecule is COc1cnc2c(Oc3ccc(NC(=O)c4cnc(C)c(-c5ccsc5)c4O)cc3F)ccnc2c1. The van der Waals surface area contributed by atoms with Crippen molar-refractivity contribution in [3.05, 3.63) is 82.8 Å². The molecule has 0 aliphatic carbocycles. The van der Waals surface area contributed by atoms with Crippen LogP contribution in [-0.2, 0) is 0 Å². The van der Waals surface area contributed by atoms with E-state index < -0.39 is 11.7 Å². The molecule has 5 rings (SSSR count). The van der Waals surface area contributed by atoms with Gasteiger partial charge in [0.2, 0.25) is 0 Å². The number of fused-ring (bicyclic) bond motifs is 1. The third-order valence-electron chi connectivity index (χ3n) is 5.46. The van der Waals surface area contributed by atoms with Crippen LogP contribution in [0.2, 0.25) is 0 Å². The Hall–Kier alpha value is -4.57. The van der Waals surface area contributed by atoms with Gasteiger partial charge in [-0.05, 0) is 41.4 Å². The van der Waals surface area contributed by atoms with Gasteiger partial charge < -0.3 is 19.9 Å². The summed E-state index contributed by atoms with van der Waals surface area (Å²) >= 11 is 1.47. The highest BCUT2D eigenvalue weighted by atomic mass is 32.1. The lowest BCUT2D eigenvalue weighted by Crippen LogP contribution is -2.13. The fraction of sp³-hybridized carbons (Fsp3) is 0.0769. The normalized spacial score (nSPS) is 10.9. The Balaban J connectivity index is 1.38. The fourth-order valence-electron chi connectivity index (χ4n) is 3.67. The summed E-state index contributed by atoms with van der Waals surface area (Å²) in [6.07, 6.45) is 4.34. The molecule has 4 aromatic heterocycles. The highest BCUT2D eigenvalue weighted by Gasteiger charge is 2.20. The number of hydrogen-bond acceptors (Lipinski definition) is 8. The van der Waals surface area contributed by atoms with Crippen LogP contribution in [0, 0.1) is 12.7 Å². The lowest BCUT2D eigenvalue weighted by molar-refractivity contribution is 0.102. The molecule has 4 heterocycles. The van der Waals surface area contributed by atoms with Crippen LogP contribution in [0.1, 0.15) is 16.1 Å². The number of rotatable bonds is 6. The summed E-state index contributed by atoms with van der Waals surface area (Å²) in [5.41, 5.74) is 2.97. The number of benzene rings is 1. The zero-order valence-electron chi connectivity index (χ0n) is 19.2. The van der Waals surface area contributed by atoms with Crippen molar-refractivity contribution in [1.29, 1.82) is 0 Å². The van der Waals surface area contributed by atoms with Gasteiger partial charge >= 0.3 is 0 Å². The van der Waals surface area contributed by atoms with Crippen molar-refractivity contribution in [3.63, 3.8) is 0 Å². The highest BCUT2D eigenvalue weighted by Crippen LogP contribution is 2.36. The number of thiophene rings is 1. The molecule has 180 valence electrons. The maximum atomic E-state index is 14.9. The Labute approximate surface area is 209 Å². The molecule has 0 bridgehead atoms. The van der Waals surface area contributed by atoms with Crippen molar-refractivity contribution in [2.75, 3.05) is 12.4 Å². The Morgan fingerprint density at radius 3 is 2.69 bits per heavy atom. The monoisotopic (exact) mass is 502 g/mol. The summed E-state index contributed by atoms with van der Waals surface area (Å²) in [6.45, 7) is 1.75. The number of aromatic nitrogens is 3. The number of carbonyl (C=O) groups is 1. The summed E-state index contributed by atoms with van der Waals surface area (Å²) in [6, 6.07) is 9.13. The van der Waals surface area contributed by atoms with E-state index >= 15 is 0 Å². The van der Waals surface area contributed by atoms with E-state index in [1.165, 1.54) is 49.2 Å². The second-order valence-corrected chi connectivity index (χ2v) is 8.53. The number of nitrogens with zero attached hydrogens (tertiary/aromatic N) is 3. The predicted octanol–water partition coefficient (Wildman–Crippen LogP) is 5.96. The number of methoxy groups -OCH3 is 1. The first-order chi connectivity index (χ1) is 17.4. The average molecular weight is 503 g/mol. The van der Waals surface area contributed by atoms with Crippen LogP contribution >= 0.6 is 11.3 Å². The number of halogens is 1. The van der Waals surface area contributed by atoms with Gasteiger partial charge in [-0.15, -0.1) is 0 Å². The van der Waals surface area contributed by atoms with Crippen molar-refractivity contribution in [1.82, 2.24) is 15.0 Å². The predicted molar refractivity (Wildman–Crippen MR) is 134 cm³/mol. The largest absolute Gasteiger partial charge is 0.506 e. The van der Waals surface area contributed by atoms with Crippen molar-refractivity contribution in [2.24, 2.45) is 0 Å². The maximum absolute atomic E-state index is 14.9. The molecular weight excluding hydrogens is 483 g/mol. The summed E-state index contributed by atoms with van der Waals surface area (Å²) in [7, 11) is 1.53. The molecule has 1 aromatic carbocycles. The number of aryl methyl sites for hydroxylation is 1. The van der Waals surface area contributed by atoms with E-state index in [0.29, 0.717) is 33.8 Å². The lowest BCUT2D eigenvalue weighted by atomic mass is 10.0. The second kappa shape index (κ2) is 9.59. The number of aromatic hydroxyl groups is 1. The van der Waals surface area contributed by atoms with Gasteiger partial charge in [-0.3, -0.25) is 14.8 Å².